The minimum atomic E-state index is -0.470. The molecule has 7 heteroatoms. The maximum Gasteiger partial charge on any atom is 0.280 e. The molecule has 84 valence electrons. The fraction of sp³-hybridized carbons (Fsp3) is 0.625. The first-order chi connectivity index (χ1) is 6.90. The van der Waals surface area contributed by atoms with E-state index in [1.54, 1.807) is 7.05 Å². The van der Waals surface area contributed by atoms with Gasteiger partial charge in [-0.05, 0) is 24.2 Å². The lowest BCUT2D eigenvalue weighted by atomic mass is 10.0. The van der Waals surface area contributed by atoms with Gasteiger partial charge in [-0.15, -0.1) is 0 Å². The van der Waals surface area contributed by atoms with Gasteiger partial charge in [-0.2, -0.15) is 0 Å². The summed E-state index contributed by atoms with van der Waals surface area (Å²) in [4.78, 5) is 13.3. The van der Waals surface area contributed by atoms with Gasteiger partial charge in [0.15, 0.2) is 0 Å². The highest BCUT2D eigenvalue weighted by Crippen LogP contribution is 2.15. The zero-order chi connectivity index (χ0) is 11.6. The number of nitrogen functional groups attached to an aromatic ring is 1. The number of amides is 1. The number of hydrogen-bond donors (Lipinski definition) is 2. The van der Waals surface area contributed by atoms with Gasteiger partial charge in [0, 0.05) is 19.1 Å². The Kier molecular flexibility index (Phi) is 2.94. The Hall–Kier alpha value is -1.63. The zero-order valence-electron chi connectivity index (χ0n) is 9.02. The Morgan fingerprint density at radius 3 is 2.53 bits per heavy atom. The molecule has 1 rings (SSSR count). The van der Waals surface area contributed by atoms with Crippen LogP contribution in [0.2, 0.25) is 0 Å². The maximum absolute atomic E-state index is 11.9. The second-order valence-corrected chi connectivity index (χ2v) is 3.88. The van der Waals surface area contributed by atoms with E-state index in [1.807, 2.05) is 13.8 Å². The van der Waals surface area contributed by atoms with Gasteiger partial charge in [-0.1, -0.05) is 0 Å². The molecule has 0 spiro atoms. The van der Waals surface area contributed by atoms with Gasteiger partial charge >= 0.3 is 0 Å². The van der Waals surface area contributed by atoms with Crippen LogP contribution in [-0.2, 0) is 0 Å². The van der Waals surface area contributed by atoms with Crippen molar-refractivity contribution in [2.75, 3.05) is 19.3 Å². The van der Waals surface area contributed by atoms with E-state index in [9.17, 15) is 4.79 Å². The number of rotatable bonds is 3. The molecule has 0 fully saturated rings. The van der Waals surface area contributed by atoms with Gasteiger partial charge in [0.2, 0.25) is 11.5 Å². The normalized spacial score (nSPS) is 11.5. The smallest absolute Gasteiger partial charge is 0.280 e. The predicted octanol–water partition coefficient (Wildman–Crippen LogP) is -0.539. The largest absolute Gasteiger partial charge is 0.379 e. The fourth-order valence-electron chi connectivity index (χ4n) is 0.915. The third kappa shape index (κ3) is 2.07. The Morgan fingerprint density at radius 1 is 1.53 bits per heavy atom. The summed E-state index contributed by atoms with van der Waals surface area (Å²) in [6.45, 7) is 4.02. The number of nitrogens with two attached hydrogens (primary N) is 2. The first kappa shape index (κ1) is 11.4. The number of nitrogens with zero attached hydrogens (tertiary/aromatic N) is 3. The highest BCUT2D eigenvalue weighted by Gasteiger charge is 2.30. The van der Waals surface area contributed by atoms with Gasteiger partial charge in [0.1, 0.15) is 0 Å². The van der Waals surface area contributed by atoms with Gasteiger partial charge in [0.25, 0.3) is 5.91 Å². The molecule has 1 heterocycles. The van der Waals surface area contributed by atoms with Crippen LogP contribution in [0.25, 0.3) is 0 Å². The topological polar surface area (TPSA) is 111 Å². The van der Waals surface area contributed by atoms with E-state index in [0.717, 1.165) is 0 Å². The Labute approximate surface area is 87.4 Å². The first-order valence-electron chi connectivity index (χ1n) is 4.46. The third-order valence-electron chi connectivity index (χ3n) is 2.43. The monoisotopic (exact) mass is 213 g/mol. The predicted molar refractivity (Wildman–Crippen MR) is 53.9 cm³/mol. The van der Waals surface area contributed by atoms with Crippen LogP contribution in [0.5, 0.6) is 0 Å². The van der Waals surface area contributed by atoms with Crippen molar-refractivity contribution in [3.8, 4) is 0 Å². The average Bonchev–Trinajstić information content (AvgIpc) is 2.62. The van der Waals surface area contributed by atoms with Crippen LogP contribution in [-0.4, -0.2) is 40.3 Å². The van der Waals surface area contributed by atoms with Crippen molar-refractivity contribution in [1.82, 2.24) is 15.2 Å². The van der Waals surface area contributed by atoms with E-state index in [4.69, 9.17) is 11.5 Å². The number of carbonyl (C=O) groups excluding carboxylic acids is 1. The Morgan fingerprint density at radius 2 is 2.13 bits per heavy atom. The van der Waals surface area contributed by atoms with E-state index < -0.39 is 5.54 Å². The summed E-state index contributed by atoms with van der Waals surface area (Å²) in [6.07, 6.45) is 0. The molecule has 0 atom stereocenters. The van der Waals surface area contributed by atoms with E-state index in [0.29, 0.717) is 6.54 Å². The third-order valence-corrected chi connectivity index (χ3v) is 2.43. The summed E-state index contributed by atoms with van der Waals surface area (Å²) in [5, 5.41) is 6.78. The zero-order valence-corrected chi connectivity index (χ0v) is 9.02. The van der Waals surface area contributed by atoms with Gasteiger partial charge in [-0.25, -0.2) is 4.63 Å². The van der Waals surface area contributed by atoms with Crippen molar-refractivity contribution in [3.63, 3.8) is 0 Å². The fourth-order valence-corrected chi connectivity index (χ4v) is 0.915. The molecular weight excluding hydrogens is 198 g/mol. The summed E-state index contributed by atoms with van der Waals surface area (Å²) >= 11 is 0. The number of aromatic nitrogens is 2. The molecule has 0 saturated carbocycles. The molecule has 0 aliphatic rings. The summed E-state index contributed by atoms with van der Waals surface area (Å²) < 4.78 is 4.36. The first-order valence-corrected chi connectivity index (χ1v) is 4.46. The van der Waals surface area contributed by atoms with Crippen molar-refractivity contribution in [2.45, 2.75) is 19.4 Å². The van der Waals surface area contributed by atoms with Crippen molar-refractivity contribution in [1.29, 1.82) is 0 Å². The minimum absolute atomic E-state index is 0.0130. The standard InChI is InChI=1S/C8H15N5O2/c1-8(2,4-9)13(3)7(14)5-6(10)12-15-11-5/h4,9H2,1-3H3,(H2,10,12). The molecule has 7 nitrogen and oxygen atoms in total. The maximum atomic E-state index is 11.9. The summed E-state index contributed by atoms with van der Waals surface area (Å²) in [5.41, 5.74) is 10.5. The van der Waals surface area contributed by atoms with Gasteiger partial charge < -0.3 is 16.4 Å². The second kappa shape index (κ2) is 3.85. The average molecular weight is 213 g/mol. The van der Waals surface area contributed by atoms with Crippen LogP contribution < -0.4 is 11.5 Å². The Balaban J connectivity index is 2.92. The number of carbonyl (C=O) groups is 1. The van der Waals surface area contributed by atoms with Crippen molar-refractivity contribution in [2.24, 2.45) is 5.73 Å². The van der Waals surface area contributed by atoms with Gasteiger partial charge in [-0.3, -0.25) is 4.79 Å². The molecule has 0 aliphatic heterocycles. The summed E-state index contributed by atoms with van der Waals surface area (Å²) in [7, 11) is 1.63. The molecule has 1 aromatic rings. The van der Waals surface area contributed by atoms with Crippen LogP contribution in [0.4, 0.5) is 5.82 Å². The van der Waals surface area contributed by atoms with Crippen molar-refractivity contribution >= 4 is 11.7 Å². The Bertz CT molecular complexity index is 360. The van der Waals surface area contributed by atoms with E-state index in [-0.39, 0.29) is 17.4 Å². The number of anilines is 1. The lowest BCUT2D eigenvalue weighted by Crippen LogP contribution is -2.50. The molecule has 0 unspecified atom stereocenters. The lowest BCUT2D eigenvalue weighted by Gasteiger charge is -2.33. The number of hydrogen-bond acceptors (Lipinski definition) is 6. The molecule has 0 aromatic carbocycles. The quantitative estimate of drug-likeness (QED) is 0.697. The van der Waals surface area contributed by atoms with Crippen LogP contribution in [0.1, 0.15) is 24.3 Å². The molecular formula is C8H15N5O2. The van der Waals surface area contributed by atoms with Crippen molar-refractivity contribution < 1.29 is 9.42 Å². The van der Waals surface area contributed by atoms with Crippen LogP contribution in [0.3, 0.4) is 0 Å². The molecule has 0 bridgehead atoms. The molecule has 4 N–H and O–H groups in total. The molecule has 15 heavy (non-hydrogen) atoms. The summed E-state index contributed by atoms with van der Waals surface area (Å²) in [6, 6.07) is 0. The van der Waals surface area contributed by atoms with E-state index in [1.165, 1.54) is 4.90 Å². The van der Waals surface area contributed by atoms with Crippen LogP contribution in [0.15, 0.2) is 4.63 Å². The molecule has 0 saturated heterocycles. The van der Waals surface area contributed by atoms with E-state index >= 15 is 0 Å². The molecule has 0 aliphatic carbocycles. The lowest BCUT2D eigenvalue weighted by molar-refractivity contribution is 0.0629. The molecule has 1 amide bonds. The van der Waals surface area contributed by atoms with Gasteiger partial charge in [0.05, 0.1) is 0 Å². The second-order valence-electron chi connectivity index (χ2n) is 3.88. The SMILES string of the molecule is CN(C(=O)c1nonc1N)C(C)(C)CN. The van der Waals surface area contributed by atoms with Crippen molar-refractivity contribution in [3.05, 3.63) is 5.69 Å². The van der Waals surface area contributed by atoms with Crippen LogP contribution in [0, 0.1) is 0 Å². The highest BCUT2D eigenvalue weighted by atomic mass is 16.6. The highest BCUT2D eigenvalue weighted by molar-refractivity contribution is 5.96. The molecule has 1 aromatic heterocycles. The minimum Gasteiger partial charge on any atom is -0.379 e. The van der Waals surface area contributed by atoms with Crippen LogP contribution >= 0.6 is 0 Å². The summed E-state index contributed by atoms with van der Waals surface area (Å²) in [5.74, 6) is -0.371. The number of likely N-dealkylation sites (N-methyl/N-ethyl adjacent to an activating group) is 1. The van der Waals surface area contributed by atoms with E-state index in [2.05, 4.69) is 14.9 Å². The molecule has 0 radical (unpaired) electrons.